The number of rotatable bonds is 55. The predicted octanol–water partition coefficient (Wildman–Crippen LogP) is 10.1. The lowest BCUT2D eigenvalue weighted by Crippen LogP contribution is -2.66. The van der Waals surface area contributed by atoms with Crippen LogP contribution in [0.25, 0.3) is 0 Å². The van der Waals surface area contributed by atoms with Gasteiger partial charge in [-0.1, -0.05) is 254 Å². The van der Waals surface area contributed by atoms with Gasteiger partial charge in [-0.05, 0) is 64.2 Å². The summed E-state index contributed by atoms with van der Waals surface area (Å²) in [6, 6.07) is -0.979. The molecule has 0 aliphatic carbocycles. The molecule has 3 aliphatic rings. The minimum atomic E-state index is -1.98. The van der Waals surface area contributed by atoms with E-state index in [1.165, 1.54) is 135 Å². The normalized spacial score (nSPS) is 28.1. The second-order valence-corrected chi connectivity index (χ2v) is 25.7. The fourth-order valence-corrected chi connectivity index (χ4v) is 11.9. The molecule has 1 amide bonds. The smallest absolute Gasteiger partial charge is 0.220 e. The monoisotopic (exact) mass is 1310 g/mol. The van der Waals surface area contributed by atoms with Crippen molar-refractivity contribution in [2.75, 3.05) is 26.4 Å². The Bertz CT molecular complexity index is 1950. The van der Waals surface area contributed by atoms with E-state index >= 15 is 0 Å². The highest BCUT2D eigenvalue weighted by Crippen LogP contribution is 2.33. The molecular formula is C73H129NO18. The van der Waals surface area contributed by atoms with Gasteiger partial charge in [0.25, 0.3) is 0 Å². The predicted molar refractivity (Wildman–Crippen MR) is 360 cm³/mol. The van der Waals surface area contributed by atoms with Crippen LogP contribution in [0.1, 0.15) is 251 Å². The topological polar surface area (TPSA) is 307 Å². The van der Waals surface area contributed by atoms with Gasteiger partial charge in [0.1, 0.15) is 73.2 Å². The number of aliphatic hydroxyl groups excluding tert-OH is 11. The van der Waals surface area contributed by atoms with Gasteiger partial charge in [-0.25, -0.2) is 0 Å². The van der Waals surface area contributed by atoms with Crippen LogP contribution >= 0.6 is 0 Å². The van der Waals surface area contributed by atoms with Gasteiger partial charge in [-0.3, -0.25) is 4.79 Å². The van der Waals surface area contributed by atoms with Crippen LogP contribution in [0.2, 0.25) is 0 Å². The summed E-state index contributed by atoms with van der Waals surface area (Å²) in [6.07, 6.45) is 41.5. The molecule has 19 nitrogen and oxygen atoms in total. The van der Waals surface area contributed by atoms with Crippen LogP contribution in [0, 0.1) is 0 Å². The average molecular weight is 1310 g/mol. The van der Waals surface area contributed by atoms with Gasteiger partial charge in [-0.2, -0.15) is 0 Å². The van der Waals surface area contributed by atoms with Gasteiger partial charge < -0.3 is 89.9 Å². The van der Waals surface area contributed by atoms with E-state index in [0.717, 1.165) is 89.9 Å². The van der Waals surface area contributed by atoms with Crippen LogP contribution in [0.5, 0.6) is 0 Å². The number of unbranched alkanes of at least 4 members (excludes halogenated alkanes) is 29. The number of carbonyl (C=O) groups is 1. The van der Waals surface area contributed by atoms with Crippen molar-refractivity contribution in [3.05, 3.63) is 72.9 Å². The highest BCUT2D eigenvalue weighted by atomic mass is 16.8. The fourth-order valence-electron chi connectivity index (χ4n) is 11.9. The Morgan fingerprint density at radius 1 is 0.402 bits per heavy atom. The van der Waals surface area contributed by atoms with Crippen molar-refractivity contribution in [3.8, 4) is 0 Å². The molecule has 0 aromatic rings. The van der Waals surface area contributed by atoms with Gasteiger partial charge in [0, 0.05) is 6.42 Å². The molecule has 0 bridgehead atoms. The molecule has 3 heterocycles. The first-order chi connectivity index (χ1) is 44.8. The number of aliphatic hydroxyl groups is 11. The van der Waals surface area contributed by atoms with Crippen molar-refractivity contribution in [2.45, 2.75) is 356 Å². The summed E-state index contributed by atoms with van der Waals surface area (Å²) in [5.41, 5.74) is 0. The molecule has 3 fully saturated rings. The van der Waals surface area contributed by atoms with E-state index in [1.54, 1.807) is 6.08 Å². The molecule has 0 aromatic carbocycles. The van der Waals surface area contributed by atoms with Gasteiger partial charge in [-0.15, -0.1) is 0 Å². The van der Waals surface area contributed by atoms with Gasteiger partial charge in [0.05, 0.1) is 38.6 Å². The molecule has 0 aromatic heterocycles. The third kappa shape index (κ3) is 35.5. The van der Waals surface area contributed by atoms with Crippen LogP contribution < -0.4 is 5.32 Å². The maximum atomic E-state index is 13.4. The zero-order valence-electron chi connectivity index (χ0n) is 56.5. The molecule has 17 atom stereocenters. The Hall–Kier alpha value is -2.77. The maximum absolute atomic E-state index is 13.4. The largest absolute Gasteiger partial charge is 0.394 e. The number of amides is 1. The van der Waals surface area contributed by atoms with Crippen molar-refractivity contribution in [3.63, 3.8) is 0 Å². The van der Waals surface area contributed by atoms with Crippen molar-refractivity contribution in [1.29, 1.82) is 0 Å². The van der Waals surface area contributed by atoms with E-state index in [9.17, 15) is 61.0 Å². The first-order valence-corrected chi connectivity index (χ1v) is 36.2. The number of allylic oxidation sites excluding steroid dienone is 11. The second-order valence-electron chi connectivity index (χ2n) is 25.7. The molecule has 3 rings (SSSR count). The quantitative estimate of drug-likeness (QED) is 0.0199. The Balaban J connectivity index is 1.42. The molecular weight excluding hydrogens is 1180 g/mol. The molecule has 534 valence electrons. The van der Waals surface area contributed by atoms with E-state index in [2.05, 4.69) is 79.9 Å². The molecule has 0 saturated carbocycles. The van der Waals surface area contributed by atoms with Crippen LogP contribution in [-0.4, -0.2) is 193 Å². The van der Waals surface area contributed by atoms with E-state index in [-0.39, 0.29) is 18.9 Å². The van der Waals surface area contributed by atoms with Crippen LogP contribution in [-0.2, 0) is 33.2 Å². The van der Waals surface area contributed by atoms with Gasteiger partial charge in [0.2, 0.25) is 5.91 Å². The maximum Gasteiger partial charge on any atom is 0.220 e. The third-order valence-corrected chi connectivity index (χ3v) is 17.8. The standard InChI is InChI=1S/C73H129NO18/c1-3-5-7-9-11-13-15-17-19-21-23-25-26-27-28-29-30-31-33-35-37-39-41-43-45-47-49-51-61(79)74-56(57(78)50-48-46-44-42-40-38-36-34-32-24-22-20-18-16-14-12-10-8-6-4-2)55-87-71-67(85)64(82)69(59(53-76)89-71)92-73-68(86)65(83)70(60(54-77)90-73)91-72-66(84)63(81)62(80)58(52-75)88-72/h5,7,11,13,17,19,23,25,27-28,48,50,56-60,62-73,75-78,80-86H,3-4,6,8-10,12,14-16,18,20-22,24,26,29-47,49,51-55H2,1-2H3,(H,74,79)/b7-5-,13-11-,19-17-,25-23-,28-27-,50-48+. The summed E-state index contributed by atoms with van der Waals surface area (Å²) < 4.78 is 34.4. The van der Waals surface area contributed by atoms with E-state index < -0.39 is 124 Å². The van der Waals surface area contributed by atoms with Crippen LogP contribution in [0.3, 0.4) is 0 Å². The number of hydrogen-bond acceptors (Lipinski definition) is 18. The molecule has 19 heteroatoms. The van der Waals surface area contributed by atoms with Crippen LogP contribution in [0.4, 0.5) is 0 Å². The first kappa shape index (κ1) is 83.5. The Morgan fingerprint density at radius 3 is 1.17 bits per heavy atom. The average Bonchev–Trinajstić information content (AvgIpc) is 0.854. The fraction of sp³-hybridized carbons (Fsp3) is 0.822. The summed E-state index contributed by atoms with van der Waals surface area (Å²) in [5.74, 6) is -0.280. The van der Waals surface area contributed by atoms with Gasteiger partial charge >= 0.3 is 0 Å². The third-order valence-electron chi connectivity index (χ3n) is 17.8. The molecule has 3 aliphatic heterocycles. The SMILES string of the molecule is CC/C=C\C/C=C\C/C=C\C/C=C\C/C=C\CCCCCCCCCCCCCC(=O)NC(COC1OC(CO)C(OC2OC(CO)C(OC3OC(CO)C(O)C(O)C3O)C(O)C2O)C(O)C1O)C(O)/C=C/CCCCCCCCCCCCCCCCCCCC. The lowest BCUT2D eigenvalue weighted by atomic mass is 9.96. The molecule has 3 saturated heterocycles. The lowest BCUT2D eigenvalue weighted by Gasteiger charge is -2.48. The van der Waals surface area contributed by atoms with Gasteiger partial charge in [0.15, 0.2) is 18.9 Å². The zero-order valence-corrected chi connectivity index (χ0v) is 56.5. The van der Waals surface area contributed by atoms with E-state index in [4.69, 9.17) is 28.4 Å². The van der Waals surface area contributed by atoms with Crippen molar-refractivity contribution < 1.29 is 89.4 Å². The molecule has 17 unspecified atom stereocenters. The summed E-state index contributed by atoms with van der Waals surface area (Å²) in [5, 5.41) is 121. The number of ether oxygens (including phenoxy) is 6. The highest BCUT2D eigenvalue weighted by Gasteiger charge is 2.53. The van der Waals surface area contributed by atoms with Crippen LogP contribution in [0.15, 0.2) is 72.9 Å². The van der Waals surface area contributed by atoms with E-state index in [1.807, 2.05) is 6.08 Å². The first-order valence-electron chi connectivity index (χ1n) is 36.2. The summed E-state index contributed by atoms with van der Waals surface area (Å²) in [4.78, 5) is 13.4. The minimum absolute atomic E-state index is 0.236. The molecule has 12 N–H and O–H groups in total. The number of hydrogen-bond donors (Lipinski definition) is 12. The molecule has 0 spiro atoms. The number of carbonyl (C=O) groups excluding carboxylic acids is 1. The second kappa shape index (κ2) is 54.3. The Kier molecular flexibility index (Phi) is 49.2. The number of nitrogens with one attached hydrogen (secondary N) is 1. The zero-order chi connectivity index (χ0) is 66.8. The Labute approximate surface area is 553 Å². The Morgan fingerprint density at radius 2 is 0.750 bits per heavy atom. The van der Waals surface area contributed by atoms with Crippen molar-refractivity contribution in [2.24, 2.45) is 0 Å². The lowest BCUT2D eigenvalue weighted by molar-refractivity contribution is -0.379. The van der Waals surface area contributed by atoms with Crippen molar-refractivity contribution in [1.82, 2.24) is 5.32 Å². The molecule has 0 radical (unpaired) electrons. The van der Waals surface area contributed by atoms with E-state index in [0.29, 0.717) is 6.42 Å². The van der Waals surface area contributed by atoms with Crippen molar-refractivity contribution >= 4 is 5.91 Å². The highest BCUT2D eigenvalue weighted by molar-refractivity contribution is 5.76. The molecule has 92 heavy (non-hydrogen) atoms. The minimum Gasteiger partial charge on any atom is -0.394 e. The summed E-state index contributed by atoms with van der Waals surface area (Å²) >= 11 is 0. The summed E-state index contributed by atoms with van der Waals surface area (Å²) in [7, 11) is 0. The summed E-state index contributed by atoms with van der Waals surface area (Å²) in [6.45, 7) is 1.63.